The number of thioether (sulfide) groups is 1. The van der Waals surface area contributed by atoms with Crippen LogP contribution in [0.3, 0.4) is 0 Å². The van der Waals surface area contributed by atoms with Crippen LogP contribution in [-0.4, -0.2) is 45.1 Å². The number of rotatable bonds is 7. The van der Waals surface area contributed by atoms with Gasteiger partial charge in [-0.2, -0.15) is 4.98 Å². The lowest BCUT2D eigenvalue weighted by Gasteiger charge is -2.31. The van der Waals surface area contributed by atoms with Crippen molar-refractivity contribution in [3.05, 3.63) is 30.2 Å². The molecule has 30 heavy (non-hydrogen) atoms. The van der Waals surface area contributed by atoms with Gasteiger partial charge in [0.15, 0.2) is 5.16 Å². The van der Waals surface area contributed by atoms with Gasteiger partial charge in [-0.15, -0.1) is 10.2 Å². The van der Waals surface area contributed by atoms with E-state index < -0.39 is 0 Å². The molecule has 0 unspecified atom stereocenters. The van der Waals surface area contributed by atoms with Crippen LogP contribution in [0.15, 0.2) is 33.9 Å². The Labute approximate surface area is 180 Å². The summed E-state index contributed by atoms with van der Waals surface area (Å²) in [5.74, 6) is 4.21. The van der Waals surface area contributed by atoms with Crippen LogP contribution in [0.5, 0.6) is 5.75 Å². The molecule has 1 aromatic carbocycles. The van der Waals surface area contributed by atoms with E-state index in [1.807, 2.05) is 24.3 Å². The summed E-state index contributed by atoms with van der Waals surface area (Å²) in [4.78, 5) is 6.94. The second kappa shape index (κ2) is 8.29. The van der Waals surface area contributed by atoms with Gasteiger partial charge in [0.1, 0.15) is 5.75 Å². The molecule has 1 saturated heterocycles. The molecule has 2 fully saturated rings. The van der Waals surface area contributed by atoms with Gasteiger partial charge < -0.3 is 14.2 Å². The molecule has 158 valence electrons. The van der Waals surface area contributed by atoms with E-state index in [0.717, 1.165) is 41.4 Å². The molecule has 3 heterocycles. The van der Waals surface area contributed by atoms with Gasteiger partial charge in [0.05, 0.1) is 18.4 Å². The van der Waals surface area contributed by atoms with Crippen molar-refractivity contribution >= 4 is 17.7 Å². The van der Waals surface area contributed by atoms with Crippen molar-refractivity contribution < 1.29 is 9.26 Å². The van der Waals surface area contributed by atoms with E-state index in [-0.39, 0.29) is 0 Å². The molecule has 2 aromatic heterocycles. The molecule has 1 aliphatic heterocycles. The molecule has 1 saturated carbocycles. The number of methoxy groups -OCH3 is 1. The Kier molecular flexibility index (Phi) is 5.37. The largest absolute Gasteiger partial charge is 0.496 e. The third-order valence-corrected chi connectivity index (χ3v) is 6.69. The van der Waals surface area contributed by atoms with Crippen molar-refractivity contribution in [1.82, 2.24) is 24.9 Å². The topological polar surface area (TPSA) is 82.1 Å². The first-order valence-corrected chi connectivity index (χ1v) is 11.5. The highest BCUT2D eigenvalue weighted by molar-refractivity contribution is 7.98. The average Bonchev–Trinajstić information content (AvgIpc) is 3.35. The molecule has 5 rings (SSSR count). The van der Waals surface area contributed by atoms with Crippen LogP contribution in [0.4, 0.5) is 5.95 Å². The second-order valence-corrected chi connectivity index (χ2v) is 9.00. The molecule has 0 bridgehead atoms. The average molecular weight is 427 g/mol. The maximum Gasteiger partial charge on any atom is 0.237 e. The fourth-order valence-corrected chi connectivity index (χ4v) is 4.66. The van der Waals surface area contributed by atoms with Crippen molar-refractivity contribution in [2.24, 2.45) is 5.92 Å². The van der Waals surface area contributed by atoms with Gasteiger partial charge in [0.2, 0.25) is 17.7 Å². The molecule has 0 atom stereocenters. The quantitative estimate of drug-likeness (QED) is 0.520. The molecule has 0 radical (unpaired) electrons. The van der Waals surface area contributed by atoms with Crippen molar-refractivity contribution in [2.45, 2.75) is 49.6 Å². The molecule has 3 aromatic rings. The molecule has 1 aliphatic carbocycles. The van der Waals surface area contributed by atoms with Crippen molar-refractivity contribution in [3.8, 4) is 17.1 Å². The Bertz CT molecular complexity index is 1010. The highest BCUT2D eigenvalue weighted by atomic mass is 32.2. The third kappa shape index (κ3) is 3.90. The number of ether oxygens (including phenoxy) is 1. The predicted molar refractivity (Wildman–Crippen MR) is 115 cm³/mol. The lowest BCUT2D eigenvalue weighted by molar-refractivity contribution is 0.390. The van der Waals surface area contributed by atoms with E-state index in [1.165, 1.54) is 25.7 Å². The van der Waals surface area contributed by atoms with Gasteiger partial charge in [-0.1, -0.05) is 36.0 Å². The highest BCUT2D eigenvalue weighted by Gasteiger charge is 2.32. The summed E-state index contributed by atoms with van der Waals surface area (Å²) in [5.41, 5.74) is 0.822. The van der Waals surface area contributed by atoms with Gasteiger partial charge in [-0.25, -0.2) is 0 Å². The number of hydrogen-bond acceptors (Lipinski definition) is 8. The van der Waals surface area contributed by atoms with Crippen molar-refractivity contribution in [3.63, 3.8) is 0 Å². The zero-order valence-corrected chi connectivity index (χ0v) is 18.1. The Hall–Kier alpha value is -2.55. The number of anilines is 1. The van der Waals surface area contributed by atoms with Crippen LogP contribution in [0.2, 0.25) is 0 Å². The molecular formula is C21H26N6O2S. The van der Waals surface area contributed by atoms with Crippen LogP contribution >= 0.6 is 11.8 Å². The molecule has 0 amide bonds. The van der Waals surface area contributed by atoms with Gasteiger partial charge in [0, 0.05) is 19.1 Å². The molecule has 2 aliphatic rings. The number of para-hydroxylation sites is 1. The maximum absolute atomic E-state index is 5.49. The normalized spacial score (nSPS) is 17.5. The van der Waals surface area contributed by atoms with Gasteiger partial charge in [0.25, 0.3) is 0 Å². The minimum absolute atomic E-state index is 0.517. The molecule has 0 N–H and O–H groups in total. The zero-order chi connectivity index (χ0) is 20.5. The summed E-state index contributed by atoms with van der Waals surface area (Å²) in [5, 5.41) is 14.1. The maximum atomic E-state index is 5.49. The van der Waals surface area contributed by atoms with Crippen molar-refractivity contribution in [2.75, 3.05) is 25.1 Å². The summed E-state index contributed by atoms with van der Waals surface area (Å²) in [7, 11) is 1.64. The van der Waals surface area contributed by atoms with Crippen LogP contribution in [0.25, 0.3) is 11.4 Å². The van der Waals surface area contributed by atoms with Crippen LogP contribution in [-0.2, 0) is 5.75 Å². The summed E-state index contributed by atoms with van der Waals surface area (Å²) in [6.45, 7) is 4.44. The minimum atomic E-state index is 0.517. The SMILES string of the molecule is COc1ccccc1-c1noc(CSc2nnc(N3CCC(C)CC3)n2C2CC2)n1. The van der Waals surface area contributed by atoms with Crippen LogP contribution in [0, 0.1) is 5.92 Å². The molecule has 0 spiro atoms. The molecule has 8 nitrogen and oxygen atoms in total. The van der Waals surface area contributed by atoms with Gasteiger partial charge >= 0.3 is 0 Å². The van der Waals surface area contributed by atoms with E-state index in [0.29, 0.717) is 23.5 Å². The number of hydrogen-bond donors (Lipinski definition) is 0. The monoisotopic (exact) mass is 426 g/mol. The minimum Gasteiger partial charge on any atom is -0.496 e. The lowest BCUT2D eigenvalue weighted by Crippen LogP contribution is -2.34. The number of nitrogens with zero attached hydrogens (tertiary/aromatic N) is 6. The summed E-state index contributed by atoms with van der Waals surface area (Å²) < 4.78 is 13.2. The number of benzene rings is 1. The zero-order valence-electron chi connectivity index (χ0n) is 17.3. The van der Waals surface area contributed by atoms with Crippen LogP contribution in [0.1, 0.15) is 44.5 Å². The number of piperidine rings is 1. The summed E-state index contributed by atoms with van der Waals surface area (Å²) in [6, 6.07) is 8.19. The van der Waals surface area contributed by atoms with Crippen molar-refractivity contribution in [1.29, 1.82) is 0 Å². The van der Waals surface area contributed by atoms with E-state index in [4.69, 9.17) is 9.26 Å². The number of aromatic nitrogens is 5. The fourth-order valence-electron chi connectivity index (χ4n) is 3.82. The highest BCUT2D eigenvalue weighted by Crippen LogP contribution is 2.42. The Morgan fingerprint density at radius 3 is 2.70 bits per heavy atom. The van der Waals surface area contributed by atoms with Crippen LogP contribution < -0.4 is 9.64 Å². The first kappa shape index (κ1) is 19.4. The van der Waals surface area contributed by atoms with E-state index in [2.05, 4.69) is 36.7 Å². The third-order valence-electron chi connectivity index (χ3n) is 5.77. The first-order chi connectivity index (χ1) is 14.7. The standard InChI is InChI=1S/C21H26N6O2S/c1-14-9-11-26(12-10-14)20-23-24-21(27(20)15-7-8-15)30-13-18-22-19(25-29-18)16-5-3-4-6-17(16)28-2/h3-6,14-15H,7-13H2,1-2H3. The Balaban J connectivity index is 1.31. The summed E-state index contributed by atoms with van der Waals surface area (Å²) >= 11 is 1.61. The Morgan fingerprint density at radius 2 is 1.93 bits per heavy atom. The second-order valence-electron chi connectivity index (χ2n) is 8.05. The van der Waals surface area contributed by atoms with Gasteiger partial charge in [-0.05, 0) is 43.7 Å². The van der Waals surface area contributed by atoms with Gasteiger partial charge in [-0.3, -0.25) is 4.57 Å². The Morgan fingerprint density at radius 1 is 1.13 bits per heavy atom. The van der Waals surface area contributed by atoms with E-state index >= 15 is 0 Å². The molecule has 9 heteroatoms. The van der Waals surface area contributed by atoms with E-state index in [9.17, 15) is 0 Å². The fraction of sp³-hybridized carbons (Fsp3) is 0.524. The molecular weight excluding hydrogens is 400 g/mol. The smallest absolute Gasteiger partial charge is 0.237 e. The van der Waals surface area contributed by atoms with E-state index in [1.54, 1.807) is 18.9 Å². The first-order valence-electron chi connectivity index (χ1n) is 10.5. The summed E-state index contributed by atoms with van der Waals surface area (Å²) in [6.07, 6.45) is 4.82. The predicted octanol–water partition coefficient (Wildman–Crippen LogP) is 4.20. The lowest BCUT2D eigenvalue weighted by atomic mass is 10.00.